The van der Waals surface area contributed by atoms with Crippen molar-refractivity contribution in [1.29, 1.82) is 0 Å². The van der Waals surface area contributed by atoms with Crippen molar-refractivity contribution in [2.24, 2.45) is 0 Å². The van der Waals surface area contributed by atoms with Crippen LogP contribution in [-0.4, -0.2) is 51.1 Å². The maximum atomic E-state index is 11.5. The minimum absolute atomic E-state index is 0.239. The number of carbonyl (C=O) groups is 2. The number of piperazine rings is 1. The molecular weight excluding hydrogens is 258 g/mol. The normalized spacial score (nSPS) is 15.9. The monoisotopic (exact) mass is 277 g/mol. The number of quaternary nitrogens is 1. The summed E-state index contributed by atoms with van der Waals surface area (Å²) in [5.41, 5.74) is 1.20. The molecular formula is C14H19N3O3. The van der Waals surface area contributed by atoms with E-state index < -0.39 is 12.5 Å². The number of benzene rings is 1. The lowest BCUT2D eigenvalue weighted by Gasteiger charge is -2.33. The van der Waals surface area contributed by atoms with E-state index in [0.29, 0.717) is 6.54 Å². The van der Waals surface area contributed by atoms with E-state index >= 15 is 0 Å². The molecule has 1 aliphatic rings. The number of para-hydroxylation sites is 1. The van der Waals surface area contributed by atoms with Crippen molar-refractivity contribution < 1.29 is 19.6 Å². The van der Waals surface area contributed by atoms with Crippen molar-refractivity contribution in [3.8, 4) is 0 Å². The van der Waals surface area contributed by atoms with Gasteiger partial charge >= 0.3 is 0 Å². The molecule has 108 valence electrons. The fourth-order valence-electron chi connectivity index (χ4n) is 2.36. The molecule has 1 aromatic rings. The molecule has 1 aliphatic heterocycles. The average molecular weight is 277 g/mol. The molecule has 1 saturated heterocycles. The van der Waals surface area contributed by atoms with E-state index in [0.717, 1.165) is 26.2 Å². The first-order valence-corrected chi connectivity index (χ1v) is 6.75. The number of anilines is 1. The summed E-state index contributed by atoms with van der Waals surface area (Å²) in [5, 5.41) is 12.6. The highest BCUT2D eigenvalue weighted by atomic mass is 16.4. The van der Waals surface area contributed by atoms with Crippen molar-refractivity contribution in [3.63, 3.8) is 0 Å². The fourth-order valence-corrected chi connectivity index (χ4v) is 2.36. The Kier molecular flexibility index (Phi) is 4.95. The van der Waals surface area contributed by atoms with Crippen molar-refractivity contribution in [3.05, 3.63) is 30.3 Å². The van der Waals surface area contributed by atoms with Crippen LogP contribution in [0.3, 0.4) is 0 Å². The second kappa shape index (κ2) is 6.91. The van der Waals surface area contributed by atoms with Gasteiger partial charge in [-0.2, -0.15) is 0 Å². The molecule has 0 aromatic heterocycles. The van der Waals surface area contributed by atoms with Gasteiger partial charge in [-0.1, -0.05) is 18.2 Å². The van der Waals surface area contributed by atoms with Crippen LogP contribution in [0.5, 0.6) is 0 Å². The lowest BCUT2D eigenvalue weighted by molar-refractivity contribution is -0.892. The van der Waals surface area contributed by atoms with Crippen LogP contribution in [0, 0.1) is 0 Å². The second-order valence-corrected chi connectivity index (χ2v) is 4.90. The van der Waals surface area contributed by atoms with Crippen LogP contribution in [0.1, 0.15) is 0 Å². The summed E-state index contributed by atoms with van der Waals surface area (Å²) in [6.45, 7) is 3.43. The summed E-state index contributed by atoms with van der Waals surface area (Å²) in [6, 6.07) is 10.2. The van der Waals surface area contributed by atoms with E-state index in [1.165, 1.54) is 10.6 Å². The molecule has 1 fully saturated rings. The number of nitrogens with zero attached hydrogens (tertiary/aromatic N) is 1. The van der Waals surface area contributed by atoms with Crippen LogP contribution in [0.15, 0.2) is 30.3 Å². The van der Waals surface area contributed by atoms with Gasteiger partial charge in [0.15, 0.2) is 6.54 Å². The smallest absolute Gasteiger partial charge is 0.275 e. The molecule has 1 heterocycles. The molecule has 1 aromatic carbocycles. The van der Waals surface area contributed by atoms with Crippen LogP contribution in [0.4, 0.5) is 5.69 Å². The topological polar surface area (TPSA) is 76.9 Å². The minimum atomic E-state index is -1.26. The molecule has 0 atom stereocenters. The van der Waals surface area contributed by atoms with Gasteiger partial charge in [0, 0.05) is 5.69 Å². The number of nitrogens with one attached hydrogen (secondary N) is 2. The van der Waals surface area contributed by atoms with Crippen LogP contribution in [0.25, 0.3) is 0 Å². The fraction of sp³-hybridized carbons (Fsp3) is 0.429. The SMILES string of the molecule is O=C([O-])CNC(=O)C[NH+]1CCN(c2ccccc2)CC1. The Morgan fingerprint density at radius 1 is 1.20 bits per heavy atom. The number of carboxylic acids is 1. The summed E-state index contributed by atoms with van der Waals surface area (Å²) < 4.78 is 0. The average Bonchev–Trinajstić information content (AvgIpc) is 2.47. The van der Waals surface area contributed by atoms with Crippen molar-refractivity contribution in [1.82, 2.24) is 5.32 Å². The van der Waals surface area contributed by atoms with E-state index in [2.05, 4.69) is 22.3 Å². The largest absolute Gasteiger partial charge is 0.548 e. The predicted molar refractivity (Wildman–Crippen MR) is 72.2 cm³/mol. The van der Waals surface area contributed by atoms with E-state index in [1.807, 2.05) is 18.2 Å². The summed E-state index contributed by atoms with van der Waals surface area (Å²) >= 11 is 0. The molecule has 2 N–H and O–H groups in total. The van der Waals surface area contributed by atoms with Crippen LogP contribution < -0.4 is 20.2 Å². The molecule has 0 bridgehead atoms. The lowest BCUT2D eigenvalue weighted by atomic mass is 10.2. The van der Waals surface area contributed by atoms with Gasteiger partial charge in [0.2, 0.25) is 0 Å². The van der Waals surface area contributed by atoms with E-state index in [4.69, 9.17) is 0 Å². The third kappa shape index (κ3) is 4.24. The van der Waals surface area contributed by atoms with Gasteiger partial charge in [-0.15, -0.1) is 0 Å². The van der Waals surface area contributed by atoms with Crippen LogP contribution in [0.2, 0.25) is 0 Å². The highest BCUT2D eigenvalue weighted by molar-refractivity contribution is 5.81. The Bertz CT molecular complexity index is 456. The molecule has 20 heavy (non-hydrogen) atoms. The van der Waals surface area contributed by atoms with Crippen molar-refractivity contribution in [2.45, 2.75) is 0 Å². The van der Waals surface area contributed by atoms with Crippen LogP contribution in [-0.2, 0) is 9.59 Å². The number of hydrogen-bond donors (Lipinski definition) is 2. The summed E-state index contributed by atoms with van der Waals surface area (Å²) in [6.07, 6.45) is 0. The first-order chi connectivity index (χ1) is 9.65. The predicted octanol–water partition coefficient (Wildman–Crippen LogP) is -2.74. The number of amides is 1. The third-order valence-corrected chi connectivity index (χ3v) is 3.43. The molecule has 0 radical (unpaired) electrons. The maximum absolute atomic E-state index is 11.5. The zero-order valence-electron chi connectivity index (χ0n) is 11.3. The van der Waals surface area contributed by atoms with E-state index in [1.54, 1.807) is 0 Å². The van der Waals surface area contributed by atoms with Crippen LogP contribution >= 0.6 is 0 Å². The molecule has 0 spiro atoms. The number of rotatable bonds is 5. The Labute approximate surface area is 118 Å². The summed E-state index contributed by atoms with van der Waals surface area (Å²) in [5.74, 6) is -1.50. The zero-order chi connectivity index (χ0) is 14.4. The first-order valence-electron chi connectivity index (χ1n) is 6.75. The first kappa shape index (κ1) is 14.3. The standard InChI is InChI=1S/C14H19N3O3/c18-13(15-10-14(19)20)11-16-6-8-17(9-7-16)12-4-2-1-3-5-12/h1-5H,6-11H2,(H,15,18)(H,19,20). The van der Waals surface area contributed by atoms with Crippen molar-refractivity contribution >= 4 is 17.6 Å². The van der Waals surface area contributed by atoms with Gasteiger partial charge in [-0.3, -0.25) is 4.79 Å². The van der Waals surface area contributed by atoms with Gasteiger partial charge in [0.05, 0.1) is 38.7 Å². The summed E-state index contributed by atoms with van der Waals surface area (Å²) in [4.78, 5) is 25.3. The molecule has 0 aliphatic carbocycles. The van der Waals surface area contributed by atoms with Gasteiger partial charge in [-0.05, 0) is 12.1 Å². The second-order valence-electron chi connectivity index (χ2n) is 4.90. The number of carboxylic acid groups (broad SMARTS) is 1. The maximum Gasteiger partial charge on any atom is 0.275 e. The minimum Gasteiger partial charge on any atom is -0.548 e. The molecule has 0 unspecified atom stereocenters. The van der Waals surface area contributed by atoms with Crippen molar-refractivity contribution in [2.75, 3.05) is 44.2 Å². The number of carbonyl (C=O) groups excluding carboxylic acids is 2. The Balaban J connectivity index is 1.74. The quantitative estimate of drug-likeness (QED) is 0.612. The van der Waals surface area contributed by atoms with E-state index in [9.17, 15) is 14.7 Å². The molecule has 6 nitrogen and oxygen atoms in total. The molecule has 1 amide bonds. The number of hydrogen-bond acceptors (Lipinski definition) is 4. The van der Waals surface area contributed by atoms with Gasteiger partial charge in [0.25, 0.3) is 5.91 Å². The Morgan fingerprint density at radius 2 is 1.85 bits per heavy atom. The van der Waals surface area contributed by atoms with Gasteiger partial charge in [0.1, 0.15) is 0 Å². The highest BCUT2D eigenvalue weighted by Crippen LogP contribution is 2.12. The highest BCUT2D eigenvalue weighted by Gasteiger charge is 2.21. The Hall–Kier alpha value is -2.08. The lowest BCUT2D eigenvalue weighted by Crippen LogP contribution is -3.16. The molecule has 0 saturated carbocycles. The third-order valence-electron chi connectivity index (χ3n) is 3.43. The van der Waals surface area contributed by atoms with Gasteiger partial charge in [-0.25, -0.2) is 0 Å². The molecule has 2 rings (SSSR count). The van der Waals surface area contributed by atoms with E-state index in [-0.39, 0.29) is 5.91 Å². The summed E-state index contributed by atoms with van der Waals surface area (Å²) in [7, 11) is 0. The molecule has 6 heteroatoms. The van der Waals surface area contributed by atoms with Gasteiger partial charge < -0.3 is 25.0 Å². The zero-order valence-corrected chi connectivity index (χ0v) is 11.3. The Morgan fingerprint density at radius 3 is 2.45 bits per heavy atom. The number of aliphatic carboxylic acids is 1.